The molecule has 0 spiro atoms. The highest BCUT2D eigenvalue weighted by Gasteiger charge is 2.53. The van der Waals surface area contributed by atoms with Crippen LogP contribution in [0.4, 0.5) is 0 Å². The van der Waals surface area contributed by atoms with Gasteiger partial charge in [-0.15, -0.1) is 0 Å². The number of hydrogen-bond acceptors (Lipinski definition) is 1. The molecule has 2 unspecified atom stereocenters. The first-order valence-electron chi connectivity index (χ1n) is 8.34. The van der Waals surface area contributed by atoms with Crippen LogP contribution in [0, 0.1) is 28.1 Å². The molecule has 0 heterocycles. The van der Waals surface area contributed by atoms with E-state index >= 15 is 0 Å². The van der Waals surface area contributed by atoms with Crippen LogP contribution in [0.25, 0.3) is 0 Å². The third kappa shape index (κ3) is 2.71. The predicted octanol–water partition coefficient (Wildman–Crippen LogP) is 5.19. The lowest BCUT2D eigenvalue weighted by Gasteiger charge is -2.58. The molecule has 2 aliphatic carbocycles. The van der Waals surface area contributed by atoms with Gasteiger partial charge in [0, 0.05) is 0 Å². The third-order valence-electron chi connectivity index (χ3n) is 5.94. The lowest BCUT2D eigenvalue weighted by Crippen LogP contribution is -2.50. The zero-order valence-electron chi connectivity index (χ0n) is 14.6. The minimum Gasteiger partial charge on any atom is -0.393 e. The molecule has 1 heteroatoms. The summed E-state index contributed by atoms with van der Waals surface area (Å²) in [4.78, 5) is 0. The SMILES string of the molecule is CC(C)(C)C1CC=C2C[C@H](O)CC[C@]2(C)C1C(C)(C)C. The fraction of sp³-hybridized carbons (Fsp3) is 0.895. The molecule has 1 nitrogen and oxygen atoms in total. The molecule has 2 rings (SSSR count). The average Bonchev–Trinajstić information content (AvgIpc) is 2.25. The van der Waals surface area contributed by atoms with Gasteiger partial charge >= 0.3 is 0 Å². The van der Waals surface area contributed by atoms with E-state index in [-0.39, 0.29) is 11.5 Å². The van der Waals surface area contributed by atoms with Crippen molar-refractivity contribution >= 4 is 0 Å². The highest BCUT2D eigenvalue weighted by Crippen LogP contribution is 2.61. The molecule has 0 aromatic heterocycles. The Morgan fingerprint density at radius 1 is 1.10 bits per heavy atom. The molecule has 2 aliphatic rings. The van der Waals surface area contributed by atoms with Gasteiger partial charge in [0.15, 0.2) is 0 Å². The highest BCUT2D eigenvalue weighted by molar-refractivity contribution is 5.25. The maximum atomic E-state index is 10.0. The van der Waals surface area contributed by atoms with E-state index in [0.717, 1.165) is 25.2 Å². The molecule has 0 amide bonds. The van der Waals surface area contributed by atoms with Gasteiger partial charge in [-0.25, -0.2) is 0 Å². The molecule has 116 valence electrons. The van der Waals surface area contributed by atoms with E-state index in [9.17, 15) is 5.11 Å². The van der Waals surface area contributed by atoms with Gasteiger partial charge in [0.05, 0.1) is 6.10 Å². The van der Waals surface area contributed by atoms with Crippen molar-refractivity contribution in [2.45, 2.75) is 80.3 Å². The highest BCUT2D eigenvalue weighted by atomic mass is 16.3. The maximum absolute atomic E-state index is 10.0. The Morgan fingerprint density at radius 3 is 2.20 bits per heavy atom. The molecule has 0 bridgehead atoms. The molecule has 20 heavy (non-hydrogen) atoms. The Labute approximate surface area is 125 Å². The molecule has 1 N–H and O–H groups in total. The van der Waals surface area contributed by atoms with Crippen molar-refractivity contribution in [3.63, 3.8) is 0 Å². The summed E-state index contributed by atoms with van der Waals surface area (Å²) in [6.45, 7) is 16.9. The fourth-order valence-electron chi connectivity index (χ4n) is 5.15. The molecule has 1 saturated carbocycles. The molecule has 4 atom stereocenters. The van der Waals surface area contributed by atoms with E-state index < -0.39 is 0 Å². The minimum atomic E-state index is -0.110. The Kier molecular flexibility index (Phi) is 3.91. The first kappa shape index (κ1) is 16.1. The number of fused-ring (bicyclic) bond motifs is 1. The smallest absolute Gasteiger partial charge is 0.0577 e. The number of aliphatic hydroxyl groups is 1. The van der Waals surface area contributed by atoms with E-state index in [1.807, 2.05) is 0 Å². The van der Waals surface area contributed by atoms with E-state index in [1.54, 1.807) is 0 Å². The third-order valence-corrected chi connectivity index (χ3v) is 5.94. The zero-order valence-corrected chi connectivity index (χ0v) is 14.6. The number of aliphatic hydroxyl groups excluding tert-OH is 1. The summed E-state index contributed by atoms with van der Waals surface area (Å²) < 4.78 is 0. The summed E-state index contributed by atoms with van der Waals surface area (Å²) in [5, 5.41) is 10.0. The minimum absolute atomic E-state index is 0.110. The van der Waals surface area contributed by atoms with Crippen molar-refractivity contribution in [3.05, 3.63) is 11.6 Å². The van der Waals surface area contributed by atoms with E-state index in [2.05, 4.69) is 54.5 Å². The van der Waals surface area contributed by atoms with Crippen LogP contribution in [0.1, 0.15) is 74.1 Å². The van der Waals surface area contributed by atoms with Crippen molar-refractivity contribution in [1.82, 2.24) is 0 Å². The summed E-state index contributed by atoms with van der Waals surface area (Å²) >= 11 is 0. The van der Waals surface area contributed by atoms with Gasteiger partial charge in [-0.05, 0) is 53.8 Å². The van der Waals surface area contributed by atoms with Gasteiger partial charge in [0.25, 0.3) is 0 Å². The van der Waals surface area contributed by atoms with Gasteiger partial charge in [-0.1, -0.05) is 60.1 Å². The maximum Gasteiger partial charge on any atom is 0.0577 e. The molecular formula is C19H34O. The predicted molar refractivity (Wildman–Crippen MR) is 86.6 cm³/mol. The average molecular weight is 278 g/mol. The topological polar surface area (TPSA) is 20.2 Å². The summed E-state index contributed by atoms with van der Waals surface area (Å²) in [7, 11) is 0. The summed E-state index contributed by atoms with van der Waals surface area (Å²) in [6.07, 6.45) is 6.57. The Hall–Kier alpha value is -0.300. The van der Waals surface area contributed by atoms with Gasteiger partial charge in [-0.2, -0.15) is 0 Å². The van der Waals surface area contributed by atoms with Crippen molar-refractivity contribution in [2.24, 2.45) is 28.1 Å². The molecule has 0 saturated heterocycles. The largest absolute Gasteiger partial charge is 0.393 e. The van der Waals surface area contributed by atoms with Crippen LogP contribution in [-0.2, 0) is 0 Å². The van der Waals surface area contributed by atoms with Crippen LogP contribution in [0.2, 0.25) is 0 Å². The van der Waals surface area contributed by atoms with Gasteiger partial charge < -0.3 is 5.11 Å². The second-order valence-electron chi connectivity index (χ2n) is 9.60. The molecule has 0 aromatic rings. The van der Waals surface area contributed by atoms with Crippen LogP contribution in [-0.4, -0.2) is 11.2 Å². The van der Waals surface area contributed by atoms with Crippen LogP contribution in [0.5, 0.6) is 0 Å². The second-order valence-corrected chi connectivity index (χ2v) is 9.60. The van der Waals surface area contributed by atoms with E-state index in [4.69, 9.17) is 0 Å². The lowest BCUT2D eigenvalue weighted by molar-refractivity contribution is -0.0429. The Morgan fingerprint density at radius 2 is 1.70 bits per heavy atom. The van der Waals surface area contributed by atoms with Crippen LogP contribution in [0.15, 0.2) is 11.6 Å². The monoisotopic (exact) mass is 278 g/mol. The second kappa shape index (κ2) is 4.87. The molecule has 1 fully saturated rings. The van der Waals surface area contributed by atoms with Crippen molar-refractivity contribution < 1.29 is 5.11 Å². The van der Waals surface area contributed by atoms with E-state index in [1.165, 1.54) is 12.0 Å². The normalized spacial score (nSPS) is 39.2. The number of hydrogen-bond donors (Lipinski definition) is 1. The van der Waals surface area contributed by atoms with Crippen molar-refractivity contribution in [1.29, 1.82) is 0 Å². The van der Waals surface area contributed by atoms with Crippen LogP contribution >= 0.6 is 0 Å². The van der Waals surface area contributed by atoms with Gasteiger partial charge in [-0.3, -0.25) is 0 Å². The number of allylic oxidation sites excluding steroid dienone is 1. The van der Waals surface area contributed by atoms with Gasteiger partial charge in [0.1, 0.15) is 0 Å². The molecular weight excluding hydrogens is 244 g/mol. The Bertz CT molecular complexity index is 393. The molecule has 0 aliphatic heterocycles. The number of rotatable bonds is 0. The summed E-state index contributed by atoms with van der Waals surface area (Å²) in [6, 6.07) is 0. The first-order valence-corrected chi connectivity index (χ1v) is 8.34. The fourth-order valence-corrected chi connectivity index (χ4v) is 5.15. The van der Waals surface area contributed by atoms with E-state index in [0.29, 0.717) is 16.7 Å². The quantitative estimate of drug-likeness (QED) is 0.604. The molecule has 0 aromatic carbocycles. The zero-order chi connectivity index (χ0) is 15.3. The standard InChI is InChI=1S/C19H34O/c1-17(2,3)15-9-8-13-12-14(20)10-11-19(13,7)16(15)18(4,5)6/h8,14-16,20H,9-12H2,1-7H3/t14-,15?,16?,19+/m1/s1. The van der Waals surface area contributed by atoms with Crippen LogP contribution in [0.3, 0.4) is 0 Å². The van der Waals surface area contributed by atoms with Crippen molar-refractivity contribution in [2.75, 3.05) is 0 Å². The van der Waals surface area contributed by atoms with Crippen LogP contribution < -0.4 is 0 Å². The first-order chi connectivity index (χ1) is 8.96. The summed E-state index contributed by atoms with van der Waals surface area (Å²) in [5.74, 6) is 1.42. The Balaban J connectivity index is 2.47. The van der Waals surface area contributed by atoms with Crippen molar-refractivity contribution in [3.8, 4) is 0 Å². The summed E-state index contributed by atoms with van der Waals surface area (Å²) in [5.41, 5.74) is 2.48. The lowest BCUT2D eigenvalue weighted by atomic mass is 9.47. The molecule has 0 radical (unpaired) electrons. The van der Waals surface area contributed by atoms with Gasteiger partial charge in [0.2, 0.25) is 0 Å².